The van der Waals surface area contributed by atoms with Gasteiger partial charge in [0.2, 0.25) is 0 Å². The van der Waals surface area contributed by atoms with Crippen molar-refractivity contribution in [1.82, 2.24) is 14.4 Å². The van der Waals surface area contributed by atoms with Crippen LogP contribution >= 0.6 is 11.3 Å². The Labute approximate surface area is 259 Å². The van der Waals surface area contributed by atoms with Crippen LogP contribution in [0.4, 0.5) is 5.13 Å². The van der Waals surface area contributed by atoms with Gasteiger partial charge in [-0.1, -0.05) is 62.0 Å². The fourth-order valence-electron chi connectivity index (χ4n) is 5.18. The summed E-state index contributed by atoms with van der Waals surface area (Å²) in [4.78, 5) is 50.7. The Hall–Kier alpha value is -4.77. The predicted octanol–water partition coefficient (Wildman–Crippen LogP) is 6.25. The summed E-state index contributed by atoms with van der Waals surface area (Å²) in [5.74, 6) is -2.13. The van der Waals surface area contributed by atoms with Gasteiger partial charge in [-0.2, -0.15) is 0 Å². The smallest absolute Gasteiger partial charge is 0.350 e. The molecule has 0 aliphatic carbocycles. The van der Waals surface area contributed by atoms with E-state index in [1.165, 1.54) is 11.0 Å². The van der Waals surface area contributed by atoms with Gasteiger partial charge in [0.25, 0.3) is 5.78 Å². The van der Waals surface area contributed by atoms with Crippen molar-refractivity contribution in [1.29, 1.82) is 0 Å². The number of aryl methyl sites for hydroxylation is 3. The first-order chi connectivity index (χ1) is 21.2. The van der Waals surface area contributed by atoms with Crippen LogP contribution < -0.4 is 9.64 Å². The van der Waals surface area contributed by atoms with Gasteiger partial charge in [0, 0.05) is 6.20 Å². The maximum atomic E-state index is 13.7. The Morgan fingerprint density at radius 1 is 1.11 bits per heavy atom. The zero-order valence-electron chi connectivity index (χ0n) is 25.1. The van der Waals surface area contributed by atoms with Gasteiger partial charge in [-0.15, -0.1) is 0 Å². The molecule has 1 unspecified atom stereocenters. The van der Waals surface area contributed by atoms with Crippen LogP contribution in [0.3, 0.4) is 0 Å². The molecule has 0 saturated carbocycles. The highest BCUT2D eigenvalue weighted by Gasteiger charge is 2.49. The van der Waals surface area contributed by atoms with Gasteiger partial charge < -0.3 is 19.0 Å². The fourth-order valence-corrected chi connectivity index (χ4v) is 6.17. The highest BCUT2D eigenvalue weighted by Crippen LogP contribution is 2.44. The van der Waals surface area contributed by atoms with Crippen LogP contribution in [-0.2, 0) is 14.3 Å². The Balaban J connectivity index is 1.63. The number of imidazole rings is 1. The molecule has 3 aromatic heterocycles. The van der Waals surface area contributed by atoms with E-state index in [2.05, 4.69) is 23.5 Å². The lowest BCUT2D eigenvalue weighted by Crippen LogP contribution is -2.29. The van der Waals surface area contributed by atoms with Crippen molar-refractivity contribution in [2.45, 2.75) is 53.0 Å². The van der Waals surface area contributed by atoms with Crippen molar-refractivity contribution in [3.05, 3.63) is 93.9 Å². The number of anilines is 1. The third kappa shape index (κ3) is 5.62. The molecule has 0 bridgehead atoms. The molecule has 228 valence electrons. The van der Waals surface area contributed by atoms with Gasteiger partial charge >= 0.3 is 11.9 Å². The summed E-state index contributed by atoms with van der Waals surface area (Å²) in [6.45, 7) is 11.6. The number of ether oxygens (including phenoxy) is 2. The van der Waals surface area contributed by atoms with Crippen molar-refractivity contribution in [2.24, 2.45) is 0 Å². The molecular weight excluding hydrogens is 580 g/mol. The standard InChI is InChI=1S/C33H34N4O6S/c1-6-8-9-18-42-23-14-12-22(13-15-23)26-24(27(38)25-21(5)36-16-10-11-19(3)30(36)35-25)28(39)31(40)37(26)33-34-20(4)29(44-33)32(41)43-17-7-2/h7,10-16,26,38H,2,6,8-9,17-18H2,1,3-5H3. The summed E-state index contributed by atoms with van der Waals surface area (Å²) in [6.07, 6.45) is 6.34. The normalized spacial score (nSPS) is 16.1. The SMILES string of the molecule is C=CCOC(=O)c1sc(N2C(=O)C(=O)C(=C(O)c3nc4c(C)cccn4c3C)C2c2ccc(OCCCCC)cc2)nc1C. The van der Waals surface area contributed by atoms with Crippen LogP contribution in [0, 0.1) is 20.8 Å². The highest BCUT2D eigenvalue weighted by atomic mass is 32.1. The molecule has 11 heteroatoms. The van der Waals surface area contributed by atoms with Crippen LogP contribution in [0.15, 0.2) is 60.8 Å². The molecule has 4 heterocycles. The molecule has 1 atom stereocenters. The number of nitrogens with zero attached hydrogens (tertiary/aromatic N) is 4. The molecule has 1 amide bonds. The Morgan fingerprint density at radius 3 is 2.55 bits per heavy atom. The van der Waals surface area contributed by atoms with Gasteiger partial charge in [-0.05, 0) is 56.5 Å². The van der Waals surface area contributed by atoms with Crippen LogP contribution in [0.2, 0.25) is 0 Å². The summed E-state index contributed by atoms with van der Waals surface area (Å²) >= 11 is 0.941. The molecule has 44 heavy (non-hydrogen) atoms. The molecule has 1 aliphatic rings. The number of thiazole rings is 1. The van der Waals surface area contributed by atoms with E-state index in [-0.39, 0.29) is 27.9 Å². The number of unbranched alkanes of at least 4 members (excludes halogenated alkanes) is 2. The third-order valence-electron chi connectivity index (χ3n) is 7.47. The van der Waals surface area contributed by atoms with Crippen molar-refractivity contribution in [2.75, 3.05) is 18.1 Å². The van der Waals surface area contributed by atoms with Crippen molar-refractivity contribution >= 4 is 45.5 Å². The first-order valence-corrected chi connectivity index (χ1v) is 15.2. The molecule has 0 spiro atoms. The molecule has 1 saturated heterocycles. The summed E-state index contributed by atoms with van der Waals surface area (Å²) in [7, 11) is 0. The largest absolute Gasteiger partial charge is 0.505 e. The highest BCUT2D eigenvalue weighted by molar-refractivity contribution is 7.17. The molecule has 1 aromatic carbocycles. The van der Waals surface area contributed by atoms with Crippen LogP contribution in [0.1, 0.15) is 70.1 Å². The molecule has 1 aliphatic heterocycles. The number of carbonyl (C=O) groups is 3. The third-order valence-corrected chi connectivity index (χ3v) is 8.61. The maximum Gasteiger partial charge on any atom is 0.350 e. The molecule has 1 N–H and O–H groups in total. The number of aromatic nitrogens is 3. The maximum absolute atomic E-state index is 13.7. The summed E-state index contributed by atoms with van der Waals surface area (Å²) in [5, 5.41) is 11.8. The van der Waals surface area contributed by atoms with Crippen LogP contribution in [0.25, 0.3) is 11.4 Å². The number of esters is 1. The van der Waals surface area contributed by atoms with Crippen LogP contribution in [0.5, 0.6) is 5.75 Å². The van der Waals surface area contributed by atoms with E-state index in [0.29, 0.717) is 35.0 Å². The topological polar surface area (TPSA) is 123 Å². The van der Waals surface area contributed by atoms with Crippen LogP contribution in [-0.4, -0.2) is 50.3 Å². The minimum absolute atomic E-state index is 0.0146. The summed E-state index contributed by atoms with van der Waals surface area (Å²) < 4.78 is 12.9. The number of fused-ring (bicyclic) bond motifs is 1. The molecule has 1 fully saturated rings. The first kappa shape index (κ1) is 30.7. The van der Waals surface area contributed by atoms with Crippen molar-refractivity contribution in [3.63, 3.8) is 0 Å². The number of aliphatic hydroxyl groups is 1. The minimum Gasteiger partial charge on any atom is -0.505 e. The lowest BCUT2D eigenvalue weighted by Gasteiger charge is -2.23. The number of amides is 1. The van der Waals surface area contributed by atoms with E-state index in [0.717, 1.165) is 36.2 Å². The van der Waals surface area contributed by atoms with E-state index in [1.54, 1.807) is 38.1 Å². The summed E-state index contributed by atoms with van der Waals surface area (Å²) in [5.41, 5.74) is 3.09. The number of benzene rings is 1. The van der Waals surface area contributed by atoms with Crippen molar-refractivity contribution in [3.8, 4) is 5.75 Å². The zero-order valence-corrected chi connectivity index (χ0v) is 25.9. The van der Waals surface area contributed by atoms with Gasteiger partial charge in [0.05, 0.1) is 29.6 Å². The number of carbonyl (C=O) groups excluding carboxylic acids is 3. The number of rotatable bonds is 11. The van der Waals surface area contributed by atoms with E-state index in [1.807, 2.05) is 29.7 Å². The molecular formula is C33H34N4O6S. The number of hydrogen-bond donors (Lipinski definition) is 1. The average molecular weight is 615 g/mol. The number of pyridine rings is 1. The second-order valence-electron chi connectivity index (χ2n) is 10.5. The lowest BCUT2D eigenvalue weighted by molar-refractivity contribution is -0.132. The van der Waals surface area contributed by atoms with Gasteiger partial charge in [0.1, 0.15) is 28.6 Å². The number of ketones is 1. The molecule has 4 aromatic rings. The van der Waals surface area contributed by atoms with E-state index in [4.69, 9.17) is 9.47 Å². The summed E-state index contributed by atoms with van der Waals surface area (Å²) in [6, 6.07) is 9.78. The van der Waals surface area contributed by atoms with E-state index in [9.17, 15) is 19.5 Å². The van der Waals surface area contributed by atoms with E-state index < -0.39 is 29.5 Å². The molecule has 10 nitrogen and oxygen atoms in total. The number of Topliss-reactive ketones (excluding diaryl/α,β-unsaturated/α-hetero) is 1. The minimum atomic E-state index is -1.04. The molecule has 0 radical (unpaired) electrons. The first-order valence-electron chi connectivity index (χ1n) is 14.4. The lowest BCUT2D eigenvalue weighted by atomic mass is 9.96. The van der Waals surface area contributed by atoms with Gasteiger partial charge in [-0.3, -0.25) is 14.5 Å². The predicted molar refractivity (Wildman–Crippen MR) is 168 cm³/mol. The monoisotopic (exact) mass is 614 g/mol. The number of aliphatic hydroxyl groups excluding tert-OH is 1. The Bertz CT molecular complexity index is 1790. The Morgan fingerprint density at radius 2 is 1.86 bits per heavy atom. The van der Waals surface area contributed by atoms with E-state index >= 15 is 0 Å². The fraction of sp³-hybridized carbons (Fsp3) is 0.303. The number of hydrogen-bond acceptors (Lipinski definition) is 9. The zero-order chi connectivity index (χ0) is 31.5. The van der Waals surface area contributed by atoms with Gasteiger partial charge in [0.15, 0.2) is 10.9 Å². The Kier molecular flexibility index (Phi) is 8.96. The van der Waals surface area contributed by atoms with Crippen molar-refractivity contribution < 1.29 is 29.0 Å². The average Bonchev–Trinajstić information content (AvgIpc) is 3.65. The second-order valence-corrected chi connectivity index (χ2v) is 11.5. The second kappa shape index (κ2) is 12.8. The van der Waals surface area contributed by atoms with Gasteiger partial charge in [-0.25, -0.2) is 14.8 Å². The quantitative estimate of drug-likeness (QED) is 0.0525. The molecule has 5 rings (SSSR count).